The molecule has 4 aromatic heterocycles. The quantitative estimate of drug-likeness (QED) is 0.159. The molecule has 0 N–H and O–H groups in total. The summed E-state index contributed by atoms with van der Waals surface area (Å²) in [6.07, 6.45) is 0. The Morgan fingerprint density at radius 2 is 0.842 bits per heavy atom. The van der Waals surface area contributed by atoms with E-state index in [0.717, 1.165) is 82.6 Å². The number of hydrogen-bond donors (Lipinski definition) is 0. The minimum Gasteiger partial charge on any atom is -0.456 e. The Balaban J connectivity index is 0.845. The Morgan fingerprint density at radius 3 is 1.64 bits per heavy atom. The maximum Gasteiger partial charge on any atom is 0.167 e. The summed E-state index contributed by atoms with van der Waals surface area (Å²) in [5.74, 6) is 1.67. The monoisotopic (exact) mass is 987 g/mol. The van der Waals surface area contributed by atoms with Gasteiger partial charge in [-0.2, -0.15) is 0 Å². The normalized spacial score (nSPS) is 12.8. The lowest BCUT2D eigenvalue weighted by molar-refractivity contribution is 0.668. The lowest BCUT2D eigenvalue weighted by Crippen LogP contribution is -2.28. The van der Waals surface area contributed by atoms with E-state index in [1.165, 1.54) is 53.7 Å². The van der Waals surface area contributed by atoms with Gasteiger partial charge in [0.2, 0.25) is 0 Å². The highest BCUT2D eigenvalue weighted by Gasteiger charge is 2.46. The molecular weight excluding hydrogens is 947 g/mol. The minimum atomic E-state index is -0.466. The van der Waals surface area contributed by atoms with Crippen molar-refractivity contribution in [2.45, 2.75) is 5.41 Å². The Kier molecular flexibility index (Phi) is 9.35. The van der Waals surface area contributed by atoms with E-state index in [9.17, 15) is 0 Å². The second-order valence-corrected chi connectivity index (χ2v) is 20.8. The van der Waals surface area contributed by atoms with Crippen molar-refractivity contribution in [1.29, 1.82) is 0 Å². The molecule has 11 aromatic carbocycles. The number of aromatic nitrogens is 3. The predicted octanol–water partition coefficient (Wildman–Crippen LogP) is 18.7. The summed E-state index contributed by atoms with van der Waals surface area (Å²) in [5.41, 5.74) is 17.4. The van der Waals surface area contributed by atoms with Crippen molar-refractivity contribution in [3.8, 4) is 67.5 Å². The Morgan fingerprint density at radius 1 is 0.316 bits per heavy atom. The van der Waals surface area contributed by atoms with Crippen LogP contribution in [0, 0.1) is 0 Å². The topological polar surface area (TPSA) is 65.0 Å². The van der Waals surface area contributed by atoms with Crippen molar-refractivity contribution in [3.63, 3.8) is 0 Å². The number of nitrogens with zero attached hydrogens (tertiary/aromatic N) is 3. The van der Waals surface area contributed by atoms with Gasteiger partial charge in [-0.05, 0) is 98.1 Å². The highest BCUT2D eigenvalue weighted by Crippen LogP contribution is 2.58. The first-order valence-corrected chi connectivity index (χ1v) is 26.5. The molecule has 16 rings (SSSR count). The van der Waals surface area contributed by atoms with Gasteiger partial charge in [0.1, 0.15) is 22.3 Å². The van der Waals surface area contributed by atoms with Crippen LogP contribution in [0.5, 0.6) is 0 Å². The van der Waals surface area contributed by atoms with E-state index < -0.39 is 5.41 Å². The van der Waals surface area contributed by atoms with Gasteiger partial charge in [0, 0.05) is 52.8 Å². The highest BCUT2D eigenvalue weighted by molar-refractivity contribution is 7.25. The number of fused-ring (bicyclic) bond motifs is 12. The molecule has 4 heterocycles. The predicted molar refractivity (Wildman–Crippen MR) is 312 cm³/mol. The molecule has 354 valence electrons. The summed E-state index contributed by atoms with van der Waals surface area (Å²) < 4.78 is 15.7. The van der Waals surface area contributed by atoms with Crippen molar-refractivity contribution in [2.24, 2.45) is 0 Å². The first-order chi connectivity index (χ1) is 37.7. The molecule has 0 saturated heterocycles. The van der Waals surface area contributed by atoms with Gasteiger partial charge in [0.25, 0.3) is 0 Å². The molecule has 0 aliphatic heterocycles. The second-order valence-electron chi connectivity index (χ2n) is 19.7. The van der Waals surface area contributed by atoms with E-state index in [4.69, 9.17) is 23.8 Å². The average molecular weight is 988 g/mol. The maximum absolute atomic E-state index is 6.67. The van der Waals surface area contributed by atoms with Gasteiger partial charge in [-0.15, -0.1) is 11.3 Å². The van der Waals surface area contributed by atoms with E-state index in [0.29, 0.717) is 17.5 Å². The first-order valence-electron chi connectivity index (χ1n) is 25.7. The Bertz CT molecular complexity index is 4780. The SMILES string of the molecule is c1ccc(C2(c3ccccc3)c3ccccc3-c3c(-c4ccc(-c5ccc6oc7cccc(-c8nc(-c9cccc%10c9oc9ccccc9%10)nc(-c9cccc%10sc%11ccccc%11c9%10)n8)c7c6c5)cc4)cccc32)cc1. The molecule has 5 nitrogen and oxygen atoms in total. The van der Waals surface area contributed by atoms with Crippen LogP contribution < -0.4 is 0 Å². The van der Waals surface area contributed by atoms with Crippen LogP contribution in [-0.4, -0.2) is 15.0 Å². The number of thiophene rings is 1. The zero-order valence-electron chi connectivity index (χ0n) is 40.7. The summed E-state index contributed by atoms with van der Waals surface area (Å²) in [6, 6.07) is 88.8. The second kappa shape index (κ2) is 16.6. The molecule has 1 aliphatic carbocycles. The van der Waals surface area contributed by atoms with E-state index in [2.05, 4.69) is 212 Å². The molecule has 76 heavy (non-hydrogen) atoms. The zero-order chi connectivity index (χ0) is 49.9. The van der Waals surface area contributed by atoms with E-state index in [-0.39, 0.29) is 0 Å². The summed E-state index contributed by atoms with van der Waals surface area (Å²) in [4.78, 5) is 16.1. The minimum absolute atomic E-state index is 0.466. The molecule has 0 unspecified atom stereocenters. The third-order valence-corrected chi connectivity index (χ3v) is 16.8. The van der Waals surface area contributed by atoms with Gasteiger partial charge in [0.05, 0.1) is 11.0 Å². The fraction of sp³-hybridized carbons (Fsp3) is 0.0143. The summed E-state index contributed by atoms with van der Waals surface area (Å²) in [5, 5.41) is 6.29. The fourth-order valence-electron chi connectivity index (χ4n) is 12.4. The van der Waals surface area contributed by atoms with Crippen LogP contribution >= 0.6 is 11.3 Å². The van der Waals surface area contributed by atoms with Gasteiger partial charge < -0.3 is 8.83 Å². The molecule has 0 fully saturated rings. The first kappa shape index (κ1) is 42.7. The number of benzene rings is 11. The molecule has 0 saturated carbocycles. The Hall–Kier alpha value is -9.75. The van der Waals surface area contributed by atoms with Crippen LogP contribution in [-0.2, 0) is 5.41 Å². The van der Waals surface area contributed by atoms with Crippen molar-refractivity contribution in [1.82, 2.24) is 15.0 Å². The van der Waals surface area contributed by atoms with Gasteiger partial charge in [-0.3, -0.25) is 0 Å². The largest absolute Gasteiger partial charge is 0.456 e. The van der Waals surface area contributed by atoms with Crippen LogP contribution in [0.3, 0.4) is 0 Å². The highest BCUT2D eigenvalue weighted by atomic mass is 32.1. The number of hydrogen-bond acceptors (Lipinski definition) is 6. The van der Waals surface area contributed by atoms with Crippen molar-refractivity contribution >= 4 is 75.4 Å². The molecule has 1 aliphatic rings. The fourth-order valence-corrected chi connectivity index (χ4v) is 13.5. The average Bonchev–Trinajstić information content (AvgIpc) is 4.30. The Labute approximate surface area is 440 Å². The summed E-state index contributed by atoms with van der Waals surface area (Å²) in [7, 11) is 0. The molecule has 6 heteroatoms. The summed E-state index contributed by atoms with van der Waals surface area (Å²) >= 11 is 1.78. The van der Waals surface area contributed by atoms with Crippen molar-refractivity contribution in [2.75, 3.05) is 0 Å². The molecular formula is C70H41N3O2S. The van der Waals surface area contributed by atoms with Gasteiger partial charge in [-0.1, -0.05) is 206 Å². The zero-order valence-corrected chi connectivity index (χ0v) is 41.6. The summed E-state index contributed by atoms with van der Waals surface area (Å²) in [6.45, 7) is 0. The standard InChI is InChI=1S/C70H41N3O2S/c1-3-17-45(18-4-1)70(46-19-5-2-6-20-46)56-29-10-7-22-50(56)63-47(24-14-30-57(63)70)43-37-35-42(36-38-43)44-39-40-59-55(41-44)64-52(26-15-32-60(64)74-59)67-71-68(53-27-16-34-62-65(53)51-23-9-12-33-61(51)76-62)73-69(72-67)54-28-13-25-49-48-21-8-11-31-58(48)75-66(49)54/h1-41H. The lowest BCUT2D eigenvalue weighted by atomic mass is 9.67. The van der Waals surface area contributed by atoms with E-state index >= 15 is 0 Å². The number of para-hydroxylation sites is 2. The molecule has 0 amide bonds. The van der Waals surface area contributed by atoms with Crippen LogP contribution in [0.2, 0.25) is 0 Å². The molecule has 0 bridgehead atoms. The molecule has 15 aromatic rings. The van der Waals surface area contributed by atoms with Crippen molar-refractivity contribution in [3.05, 3.63) is 271 Å². The molecule has 0 atom stereocenters. The third kappa shape index (κ3) is 6.28. The van der Waals surface area contributed by atoms with Gasteiger partial charge >= 0.3 is 0 Å². The van der Waals surface area contributed by atoms with Crippen molar-refractivity contribution < 1.29 is 8.83 Å². The smallest absolute Gasteiger partial charge is 0.167 e. The lowest BCUT2D eigenvalue weighted by Gasteiger charge is -2.34. The number of rotatable bonds is 7. The van der Waals surface area contributed by atoms with Crippen LogP contribution in [0.15, 0.2) is 258 Å². The third-order valence-electron chi connectivity index (χ3n) is 15.7. The van der Waals surface area contributed by atoms with Gasteiger partial charge in [-0.25, -0.2) is 15.0 Å². The van der Waals surface area contributed by atoms with Crippen LogP contribution in [0.25, 0.3) is 132 Å². The number of furan rings is 2. The van der Waals surface area contributed by atoms with Crippen LogP contribution in [0.4, 0.5) is 0 Å². The van der Waals surface area contributed by atoms with Gasteiger partial charge in [0.15, 0.2) is 17.5 Å². The maximum atomic E-state index is 6.67. The molecule has 0 spiro atoms. The van der Waals surface area contributed by atoms with E-state index in [1.54, 1.807) is 11.3 Å². The van der Waals surface area contributed by atoms with Crippen LogP contribution in [0.1, 0.15) is 22.3 Å². The van der Waals surface area contributed by atoms with E-state index in [1.807, 2.05) is 36.4 Å². The molecule has 0 radical (unpaired) electrons.